The van der Waals surface area contributed by atoms with Crippen LogP contribution in [-0.4, -0.2) is 5.78 Å². The molecule has 1 heteroatoms. The first-order valence-electron chi connectivity index (χ1n) is 10.2. The monoisotopic (exact) mass is 388 g/mol. The summed E-state index contributed by atoms with van der Waals surface area (Å²) in [7, 11) is 0. The molecule has 3 aromatic rings. The van der Waals surface area contributed by atoms with Crippen molar-refractivity contribution in [3.05, 3.63) is 137 Å². The van der Waals surface area contributed by atoms with Gasteiger partial charge in [0.2, 0.25) is 0 Å². The second-order valence-electron chi connectivity index (χ2n) is 7.53. The predicted octanol–water partition coefficient (Wildman–Crippen LogP) is 7.07. The summed E-state index contributed by atoms with van der Waals surface area (Å²) in [6, 6.07) is 29.3. The molecule has 0 atom stereocenters. The van der Waals surface area contributed by atoms with Gasteiger partial charge in [0, 0.05) is 0 Å². The smallest absolute Gasteiger partial charge is 0.152 e. The minimum Gasteiger partial charge on any atom is -0.295 e. The van der Waals surface area contributed by atoms with Crippen LogP contribution >= 0.6 is 0 Å². The summed E-state index contributed by atoms with van der Waals surface area (Å²) >= 11 is 0. The predicted molar refractivity (Wildman–Crippen MR) is 127 cm³/mol. The topological polar surface area (TPSA) is 17.1 Å². The van der Waals surface area contributed by atoms with E-state index < -0.39 is 0 Å². The number of hydrogen-bond acceptors (Lipinski definition) is 1. The molecule has 0 bridgehead atoms. The van der Waals surface area contributed by atoms with E-state index in [0.29, 0.717) is 0 Å². The first-order valence-corrected chi connectivity index (χ1v) is 10.2. The van der Waals surface area contributed by atoms with E-state index >= 15 is 0 Å². The van der Waals surface area contributed by atoms with Crippen molar-refractivity contribution in [2.75, 3.05) is 0 Å². The van der Waals surface area contributed by atoms with Crippen LogP contribution in [0.4, 0.5) is 0 Å². The average Bonchev–Trinajstić information content (AvgIpc) is 3.12. The fraction of sp³-hybridized carbons (Fsp3) is 0.0690. The Labute approximate surface area is 178 Å². The molecule has 1 aliphatic carbocycles. The highest BCUT2D eigenvalue weighted by atomic mass is 16.1. The van der Waals surface area contributed by atoms with Gasteiger partial charge in [-0.15, -0.1) is 0 Å². The van der Waals surface area contributed by atoms with E-state index in [9.17, 15) is 4.79 Å². The first-order chi connectivity index (χ1) is 14.6. The van der Waals surface area contributed by atoms with Crippen LogP contribution < -0.4 is 0 Å². The van der Waals surface area contributed by atoms with Gasteiger partial charge in [-0.25, -0.2) is 0 Å². The third-order valence-corrected chi connectivity index (χ3v) is 5.18. The Morgan fingerprint density at radius 1 is 0.767 bits per heavy atom. The van der Waals surface area contributed by atoms with Crippen molar-refractivity contribution in [2.45, 2.75) is 13.8 Å². The number of allylic oxidation sites excluding steroid dienone is 7. The Kier molecular flexibility index (Phi) is 5.72. The summed E-state index contributed by atoms with van der Waals surface area (Å²) < 4.78 is 0. The fourth-order valence-electron chi connectivity index (χ4n) is 3.71. The zero-order valence-corrected chi connectivity index (χ0v) is 17.3. The molecule has 0 amide bonds. The third kappa shape index (κ3) is 4.31. The Hall–Kier alpha value is -3.71. The quantitative estimate of drug-likeness (QED) is 0.427. The number of benzene rings is 3. The van der Waals surface area contributed by atoms with Crippen molar-refractivity contribution in [1.29, 1.82) is 0 Å². The molecule has 0 fully saturated rings. The molecule has 30 heavy (non-hydrogen) atoms. The van der Waals surface area contributed by atoms with Crippen LogP contribution in [0.15, 0.2) is 114 Å². The second kappa shape index (κ2) is 8.75. The highest BCUT2D eigenvalue weighted by molar-refractivity contribution is 6.08. The molecule has 0 saturated carbocycles. The number of carbonyl (C=O) groups is 1. The maximum Gasteiger partial charge on any atom is 0.152 e. The molecule has 0 spiro atoms. The molecule has 4 rings (SSSR count). The number of ketones is 1. The number of aryl methyl sites for hydroxylation is 1. The molecule has 0 unspecified atom stereocenters. The van der Waals surface area contributed by atoms with Gasteiger partial charge in [0.15, 0.2) is 5.78 Å². The Balaban J connectivity index is 1.96. The van der Waals surface area contributed by atoms with Gasteiger partial charge in [-0.1, -0.05) is 96.6 Å². The minimum atomic E-state index is 0.0404. The maximum absolute atomic E-state index is 11.8. The van der Waals surface area contributed by atoms with Crippen LogP contribution in [0.1, 0.15) is 29.2 Å². The molecule has 1 aliphatic rings. The zero-order valence-electron chi connectivity index (χ0n) is 17.3. The van der Waals surface area contributed by atoms with Gasteiger partial charge in [-0.05, 0) is 71.1 Å². The van der Waals surface area contributed by atoms with Crippen molar-refractivity contribution in [1.82, 2.24) is 0 Å². The van der Waals surface area contributed by atoms with E-state index in [-0.39, 0.29) is 5.78 Å². The number of hydrogen-bond donors (Lipinski definition) is 0. The lowest BCUT2D eigenvalue weighted by atomic mass is 9.93. The largest absolute Gasteiger partial charge is 0.295 e. The number of carbonyl (C=O) groups excluding carboxylic acids is 1. The van der Waals surface area contributed by atoms with Crippen LogP contribution in [0.5, 0.6) is 0 Å². The molecule has 0 N–H and O–H groups in total. The van der Waals surface area contributed by atoms with Gasteiger partial charge in [-0.2, -0.15) is 0 Å². The van der Waals surface area contributed by atoms with Crippen LogP contribution in [0.25, 0.3) is 17.2 Å². The van der Waals surface area contributed by atoms with E-state index in [1.807, 2.05) is 18.2 Å². The van der Waals surface area contributed by atoms with Gasteiger partial charge in [0.05, 0.1) is 0 Å². The Morgan fingerprint density at radius 3 is 2.03 bits per heavy atom. The van der Waals surface area contributed by atoms with Crippen molar-refractivity contribution in [2.24, 2.45) is 0 Å². The Bertz CT molecular complexity index is 1170. The molecule has 1 nitrogen and oxygen atoms in total. The van der Waals surface area contributed by atoms with E-state index in [4.69, 9.17) is 0 Å². The summed E-state index contributed by atoms with van der Waals surface area (Å²) in [6.07, 6.45) is 8.07. The maximum atomic E-state index is 11.8. The van der Waals surface area contributed by atoms with E-state index in [1.165, 1.54) is 5.56 Å². The lowest BCUT2D eigenvalue weighted by Crippen LogP contribution is -1.91. The summed E-state index contributed by atoms with van der Waals surface area (Å²) in [6.45, 7) is 3.68. The van der Waals surface area contributed by atoms with Gasteiger partial charge in [0.1, 0.15) is 0 Å². The van der Waals surface area contributed by atoms with Gasteiger partial charge in [-0.3, -0.25) is 4.79 Å². The van der Waals surface area contributed by atoms with Crippen molar-refractivity contribution in [3.63, 3.8) is 0 Å². The molecular formula is C29H24O. The summed E-state index contributed by atoms with van der Waals surface area (Å²) in [4.78, 5) is 11.8. The standard InChI is InChI=1S/C29H24O/c1-21-13-16-24(17-14-21)28-20-26(19-23-9-5-3-6-10-23)29(25-11-7-4-8-12-25)27(28)18-15-22(2)30/h3-20H,1-2H3/b18-15-,26-19+. The molecule has 0 saturated heterocycles. The molecule has 0 aromatic heterocycles. The minimum absolute atomic E-state index is 0.0404. The van der Waals surface area contributed by atoms with E-state index in [2.05, 4.69) is 91.9 Å². The third-order valence-electron chi connectivity index (χ3n) is 5.18. The lowest BCUT2D eigenvalue weighted by Gasteiger charge is -2.10. The van der Waals surface area contributed by atoms with Gasteiger partial charge >= 0.3 is 0 Å². The van der Waals surface area contributed by atoms with Crippen molar-refractivity contribution < 1.29 is 4.79 Å². The average molecular weight is 389 g/mol. The number of rotatable bonds is 5. The van der Waals surface area contributed by atoms with Crippen LogP contribution in [0.3, 0.4) is 0 Å². The van der Waals surface area contributed by atoms with Crippen LogP contribution in [-0.2, 0) is 4.79 Å². The molecule has 146 valence electrons. The highest BCUT2D eigenvalue weighted by Gasteiger charge is 2.22. The fourth-order valence-corrected chi connectivity index (χ4v) is 3.71. The second-order valence-corrected chi connectivity index (χ2v) is 7.53. The van der Waals surface area contributed by atoms with E-state index in [1.54, 1.807) is 13.0 Å². The Morgan fingerprint density at radius 2 is 1.40 bits per heavy atom. The molecule has 0 heterocycles. The van der Waals surface area contributed by atoms with Crippen molar-refractivity contribution >= 4 is 23.0 Å². The molecular weight excluding hydrogens is 364 g/mol. The SMILES string of the molecule is CC(=O)/C=C\C1=C(c2ccccc2)C(=C/c2ccccc2)/C=C1c1ccc(C)cc1. The van der Waals surface area contributed by atoms with Crippen molar-refractivity contribution in [3.8, 4) is 0 Å². The summed E-state index contributed by atoms with van der Waals surface area (Å²) in [5, 5.41) is 0. The lowest BCUT2D eigenvalue weighted by molar-refractivity contribution is -0.112. The molecule has 0 aliphatic heterocycles. The zero-order chi connectivity index (χ0) is 20.9. The highest BCUT2D eigenvalue weighted by Crippen LogP contribution is 2.43. The van der Waals surface area contributed by atoms with Gasteiger partial charge < -0.3 is 0 Å². The summed E-state index contributed by atoms with van der Waals surface area (Å²) in [5.41, 5.74) is 9.16. The van der Waals surface area contributed by atoms with Crippen LogP contribution in [0.2, 0.25) is 0 Å². The summed E-state index contributed by atoms with van der Waals surface area (Å²) in [5.74, 6) is 0.0404. The van der Waals surface area contributed by atoms with Crippen LogP contribution in [0, 0.1) is 6.92 Å². The van der Waals surface area contributed by atoms with Gasteiger partial charge in [0.25, 0.3) is 0 Å². The normalized spacial score (nSPS) is 15.1. The first kappa shape index (κ1) is 19.6. The molecule has 3 aromatic carbocycles. The van der Waals surface area contributed by atoms with E-state index in [0.717, 1.165) is 39.0 Å². The molecule has 0 radical (unpaired) electrons.